The molecule has 2 aromatic rings. The van der Waals surface area contributed by atoms with Gasteiger partial charge in [0.05, 0.1) is 5.69 Å². The zero-order valence-corrected chi connectivity index (χ0v) is 11.6. The number of anilines is 1. The van der Waals surface area contributed by atoms with Crippen LogP contribution in [0.1, 0.15) is 18.5 Å². The largest absolute Gasteiger partial charge is 0.376 e. The van der Waals surface area contributed by atoms with Crippen LogP contribution in [0.5, 0.6) is 0 Å². The average molecular weight is 279 g/mol. The molecule has 2 aromatic carbocycles. The Bertz CT molecular complexity index is 555. The third-order valence-electron chi connectivity index (χ3n) is 2.94. The zero-order chi connectivity index (χ0) is 13.8. The maximum Gasteiger partial charge on any atom is 0.181 e. The second-order valence-electron chi connectivity index (χ2n) is 4.24. The molecule has 0 aliphatic heterocycles. The van der Waals surface area contributed by atoms with Crippen LogP contribution in [0.2, 0.25) is 0 Å². The van der Waals surface area contributed by atoms with E-state index in [2.05, 4.69) is 5.32 Å². The minimum Gasteiger partial charge on any atom is -0.376 e. The van der Waals surface area contributed by atoms with Crippen LogP contribution in [0.15, 0.2) is 47.4 Å². The molecule has 100 valence electrons. The van der Waals surface area contributed by atoms with E-state index in [1.165, 1.54) is 17.0 Å². The Labute approximate surface area is 116 Å². The average Bonchev–Trinajstić information content (AvgIpc) is 2.44. The van der Waals surface area contributed by atoms with Gasteiger partial charge in [-0.05, 0) is 43.0 Å². The summed E-state index contributed by atoms with van der Waals surface area (Å²) < 4.78 is 26.7. The number of rotatable bonds is 4. The molecule has 0 heterocycles. The van der Waals surface area contributed by atoms with Crippen LogP contribution in [0.25, 0.3) is 0 Å². The molecule has 0 bridgehead atoms. The van der Waals surface area contributed by atoms with Crippen molar-refractivity contribution in [2.24, 2.45) is 0 Å². The molecule has 4 heteroatoms. The number of benzene rings is 2. The van der Waals surface area contributed by atoms with Gasteiger partial charge in [0.15, 0.2) is 11.6 Å². The first-order chi connectivity index (χ1) is 9.11. The van der Waals surface area contributed by atoms with Crippen molar-refractivity contribution in [3.63, 3.8) is 0 Å². The zero-order valence-electron chi connectivity index (χ0n) is 10.8. The fourth-order valence-corrected chi connectivity index (χ4v) is 2.23. The molecule has 1 N–H and O–H groups in total. The number of hydrogen-bond donors (Lipinski definition) is 1. The molecule has 0 saturated heterocycles. The maximum absolute atomic E-state index is 13.6. The number of halogens is 2. The van der Waals surface area contributed by atoms with Crippen LogP contribution in [-0.2, 0) is 0 Å². The van der Waals surface area contributed by atoms with Crippen molar-refractivity contribution >= 4 is 17.4 Å². The third kappa shape index (κ3) is 3.26. The molecule has 0 spiro atoms. The summed E-state index contributed by atoms with van der Waals surface area (Å²) in [5.41, 5.74) is 1.21. The quantitative estimate of drug-likeness (QED) is 0.802. The second-order valence-corrected chi connectivity index (χ2v) is 5.12. The van der Waals surface area contributed by atoms with E-state index < -0.39 is 11.6 Å². The summed E-state index contributed by atoms with van der Waals surface area (Å²) in [6, 6.07) is 12.0. The fourth-order valence-electron chi connectivity index (χ4n) is 1.82. The maximum atomic E-state index is 13.6. The highest BCUT2D eigenvalue weighted by atomic mass is 32.2. The lowest BCUT2D eigenvalue weighted by atomic mass is 10.1. The number of hydrogen-bond acceptors (Lipinski definition) is 2. The second kappa shape index (κ2) is 6.06. The number of thioether (sulfide) groups is 1. The predicted molar refractivity (Wildman–Crippen MR) is 76.6 cm³/mol. The van der Waals surface area contributed by atoms with Gasteiger partial charge in [0.2, 0.25) is 0 Å². The summed E-state index contributed by atoms with van der Waals surface area (Å²) in [4.78, 5) is 1.17. The summed E-state index contributed by atoms with van der Waals surface area (Å²) >= 11 is 1.67. The van der Waals surface area contributed by atoms with Crippen LogP contribution in [0.4, 0.5) is 14.5 Å². The molecule has 0 radical (unpaired) electrons. The first-order valence-electron chi connectivity index (χ1n) is 5.96. The molecule has 0 aliphatic carbocycles. The molecule has 0 fully saturated rings. The molecule has 1 nitrogen and oxygen atoms in total. The van der Waals surface area contributed by atoms with E-state index >= 15 is 0 Å². The Morgan fingerprint density at radius 1 is 1.05 bits per heavy atom. The Morgan fingerprint density at radius 2 is 1.74 bits per heavy atom. The number of nitrogens with one attached hydrogen (secondary N) is 1. The highest BCUT2D eigenvalue weighted by Gasteiger charge is 2.11. The Morgan fingerprint density at radius 3 is 2.37 bits per heavy atom. The standard InChI is InChI=1S/C15H15F2NS/c1-10(11-6-8-12(19-2)9-7-11)18-14-5-3-4-13(16)15(14)17/h3-10,18H,1-2H3. The van der Waals surface area contributed by atoms with Gasteiger partial charge < -0.3 is 5.32 Å². The summed E-state index contributed by atoms with van der Waals surface area (Å²) in [6.07, 6.45) is 2.01. The van der Waals surface area contributed by atoms with Gasteiger partial charge in [-0.25, -0.2) is 8.78 Å². The molecule has 0 saturated carbocycles. The van der Waals surface area contributed by atoms with E-state index in [1.54, 1.807) is 11.8 Å². The Hall–Kier alpha value is -1.55. The van der Waals surface area contributed by atoms with E-state index in [4.69, 9.17) is 0 Å². The van der Waals surface area contributed by atoms with Crippen LogP contribution in [0, 0.1) is 11.6 Å². The Kier molecular flexibility index (Phi) is 4.43. The lowest BCUT2D eigenvalue weighted by Gasteiger charge is -2.16. The van der Waals surface area contributed by atoms with Crippen LogP contribution < -0.4 is 5.32 Å². The first kappa shape index (κ1) is 13.9. The highest BCUT2D eigenvalue weighted by Crippen LogP contribution is 2.24. The van der Waals surface area contributed by atoms with Crippen molar-refractivity contribution in [2.45, 2.75) is 17.9 Å². The van der Waals surface area contributed by atoms with E-state index in [0.29, 0.717) is 0 Å². The van der Waals surface area contributed by atoms with Crippen LogP contribution in [-0.4, -0.2) is 6.26 Å². The van der Waals surface area contributed by atoms with Gasteiger partial charge >= 0.3 is 0 Å². The van der Waals surface area contributed by atoms with Crippen molar-refractivity contribution in [3.8, 4) is 0 Å². The van der Waals surface area contributed by atoms with Crippen molar-refractivity contribution in [2.75, 3.05) is 11.6 Å². The lowest BCUT2D eigenvalue weighted by molar-refractivity contribution is 0.510. The third-order valence-corrected chi connectivity index (χ3v) is 3.68. The van der Waals surface area contributed by atoms with Crippen LogP contribution >= 0.6 is 11.8 Å². The predicted octanol–water partition coefficient (Wildman–Crippen LogP) is 4.86. The van der Waals surface area contributed by atoms with Crippen molar-refractivity contribution in [1.82, 2.24) is 0 Å². The summed E-state index contributed by atoms with van der Waals surface area (Å²) in [5.74, 6) is -1.68. The molecule has 1 unspecified atom stereocenters. The van der Waals surface area contributed by atoms with Gasteiger partial charge in [-0.1, -0.05) is 18.2 Å². The monoisotopic (exact) mass is 279 g/mol. The van der Waals surface area contributed by atoms with E-state index in [1.807, 2.05) is 37.4 Å². The molecule has 2 rings (SSSR count). The summed E-state index contributed by atoms with van der Waals surface area (Å²) in [7, 11) is 0. The van der Waals surface area contributed by atoms with E-state index in [9.17, 15) is 8.78 Å². The lowest BCUT2D eigenvalue weighted by Crippen LogP contribution is -2.08. The molecule has 1 atom stereocenters. The molecular weight excluding hydrogens is 264 g/mol. The first-order valence-corrected chi connectivity index (χ1v) is 7.19. The van der Waals surface area contributed by atoms with Crippen LogP contribution in [0.3, 0.4) is 0 Å². The van der Waals surface area contributed by atoms with Gasteiger partial charge in [0, 0.05) is 10.9 Å². The molecule has 0 aliphatic rings. The van der Waals surface area contributed by atoms with Gasteiger partial charge in [-0.3, -0.25) is 0 Å². The van der Waals surface area contributed by atoms with Crippen molar-refractivity contribution in [3.05, 3.63) is 59.7 Å². The molecular formula is C15H15F2NS. The molecule has 0 aromatic heterocycles. The Balaban J connectivity index is 2.15. The SMILES string of the molecule is CSc1ccc(C(C)Nc2cccc(F)c2F)cc1. The van der Waals surface area contributed by atoms with Gasteiger partial charge in [0.25, 0.3) is 0 Å². The van der Waals surface area contributed by atoms with E-state index in [0.717, 1.165) is 11.6 Å². The normalized spacial score (nSPS) is 12.2. The van der Waals surface area contributed by atoms with Gasteiger partial charge in [0.1, 0.15) is 0 Å². The molecule has 19 heavy (non-hydrogen) atoms. The van der Waals surface area contributed by atoms with Gasteiger partial charge in [-0.2, -0.15) is 0 Å². The van der Waals surface area contributed by atoms with Crippen molar-refractivity contribution < 1.29 is 8.78 Å². The van der Waals surface area contributed by atoms with Gasteiger partial charge in [-0.15, -0.1) is 11.8 Å². The van der Waals surface area contributed by atoms with E-state index in [-0.39, 0.29) is 11.7 Å². The smallest absolute Gasteiger partial charge is 0.181 e. The van der Waals surface area contributed by atoms with Crippen molar-refractivity contribution in [1.29, 1.82) is 0 Å². The minimum atomic E-state index is -0.838. The highest BCUT2D eigenvalue weighted by molar-refractivity contribution is 7.98. The topological polar surface area (TPSA) is 12.0 Å². The summed E-state index contributed by atoms with van der Waals surface area (Å²) in [6.45, 7) is 1.92. The summed E-state index contributed by atoms with van der Waals surface area (Å²) in [5, 5.41) is 2.98. The molecule has 0 amide bonds. The fraction of sp³-hybridized carbons (Fsp3) is 0.200. The minimum absolute atomic E-state index is 0.0905.